The van der Waals surface area contributed by atoms with Crippen LogP contribution in [0.25, 0.3) is 11.3 Å². The average Bonchev–Trinajstić information content (AvgIpc) is 3.50. The normalized spacial score (nSPS) is 14.3. The number of methoxy groups -OCH3 is 1. The van der Waals surface area contributed by atoms with E-state index in [-0.39, 0.29) is 19.3 Å². The van der Waals surface area contributed by atoms with Crippen LogP contribution < -0.4 is 29.1 Å². The zero-order valence-corrected chi connectivity index (χ0v) is 19.6. The fraction of sp³-hybridized carbons (Fsp3) is 0.154. The van der Waals surface area contributed by atoms with E-state index in [1.54, 1.807) is 18.4 Å². The number of rotatable bonds is 5. The largest absolute Gasteiger partial charge is 0.497 e. The van der Waals surface area contributed by atoms with Gasteiger partial charge in [0.2, 0.25) is 6.79 Å². The molecule has 0 unspecified atom stereocenters. The molecule has 2 aliphatic heterocycles. The molecule has 1 amide bonds. The maximum absolute atomic E-state index is 11.8. The van der Waals surface area contributed by atoms with Crippen molar-refractivity contribution in [3.8, 4) is 34.3 Å². The van der Waals surface area contributed by atoms with Crippen LogP contribution in [-0.4, -0.2) is 31.0 Å². The number of carbonyl (C=O) groups is 1. The van der Waals surface area contributed by atoms with Gasteiger partial charge in [-0.1, -0.05) is 12.1 Å². The first-order valence-corrected chi connectivity index (χ1v) is 11.9. The molecule has 9 heteroatoms. The summed E-state index contributed by atoms with van der Waals surface area (Å²) >= 11 is 1.54. The molecule has 0 fully saturated rings. The second-order valence-electron chi connectivity index (χ2n) is 8.04. The molecule has 8 nitrogen and oxygen atoms in total. The molecule has 0 radical (unpaired) electrons. The molecule has 0 bridgehead atoms. The topological polar surface area (TPSA) is 83.3 Å². The van der Waals surface area contributed by atoms with Crippen molar-refractivity contribution in [3.63, 3.8) is 0 Å². The summed E-state index contributed by atoms with van der Waals surface area (Å²) in [6.07, 6.45) is 0. The van der Waals surface area contributed by atoms with Crippen LogP contribution in [-0.2, 0) is 11.3 Å². The first-order valence-electron chi connectivity index (χ1n) is 11.0. The predicted molar refractivity (Wildman–Crippen MR) is 132 cm³/mol. The van der Waals surface area contributed by atoms with E-state index >= 15 is 0 Å². The highest BCUT2D eigenvalue weighted by Gasteiger charge is 2.19. The molecule has 35 heavy (non-hydrogen) atoms. The van der Waals surface area contributed by atoms with Gasteiger partial charge in [-0.05, 0) is 48.0 Å². The maximum atomic E-state index is 11.8. The Morgan fingerprint density at radius 3 is 2.83 bits per heavy atom. The fourth-order valence-corrected chi connectivity index (χ4v) is 4.99. The quantitative estimate of drug-likeness (QED) is 0.446. The Morgan fingerprint density at radius 2 is 1.91 bits per heavy atom. The van der Waals surface area contributed by atoms with Crippen molar-refractivity contribution in [1.29, 1.82) is 0 Å². The smallest absolute Gasteiger partial charge is 0.262 e. The van der Waals surface area contributed by atoms with Gasteiger partial charge in [-0.15, -0.1) is 11.3 Å². The third-order valence-corrected chi connectivity index (χ3v) is 6.63. The molecule has 4 aromatic rings. The van der Waals surface area contributed by atoms with Gasteiger partial charge in [0.25, 0.3) is 5.91 Å². The van der Waals surface area contributed by atoms with Gasteiger partial charge in [-0.3, -0.25) is 4.79 Å². The highest BCUT2D eigenvalue weighted by molar-refractivity contribution is 7.07. The third kappa shape index (κ3) is 4.22. The van der Waals surface area contributed by atoms with Crippen LogP contribution >= 0.6 is 11.3 Å². The van der Waals surface area contributed by atoms with Crippen LogP contribution in [0.4, 0.5) is 11.4 Å². The third-order valence-electron chi connectivity index (χ3n) is 5.76. The van der Waals surface area contributed by atoms with E-state index in [4.69, 9.17) is 23.9 Å². The number of hydrogen-bond donors (Lipinski definition) is 1. The van der Waals surface area contributed by atoms with Gasteiger partial charge in [-0.2, -0.15) is 0 Å². The van der Waals surface area contributed by atoms with Gasteiger partial charge in [0.1, 0.15) is 11.5 Å². The number of nitrogens with zero attached hydrogens (tertiary/aromatic N) is 2. The molecule has 3 heterocycles. The Kier molecular flexibility index (Phi) is 5.38. The highest BCUT2D eigenvalue weighted by Crippen LogP contribution is 2.35. The lowest BCUT2D eigenvalue weighted by molar-refractivity contribution is -0.118. The molecule has 0 saturated heterocycles. The van der Waals surface area contributed by atoms with E-state index in [1.807, 2.05) is 60.7 Å². The summed E-state index contributed by atoms with van der Waals surface area (Å²) in [6.45, 7) is 0.825. The van der Waals surface area contributed by atoms with Gasteiger partial charge in [-0.25, -0.2) is 4.99 Å². The molecule has 0 saturated carbocycles. The van der Waals surface area contributed by atoms with Crippen LogP contribution in [0.2, 0.25) is 0 Å². The van der Waals surface area contributed by atoms with Gasteiger partial charge < -0.3 is 28.8 Å². The molecule has 0 atom stereocenters. The molecule has 0 aliphatic carbocycles. The summed E-state index contributed by atoms with van der Waals surface area (Å²) in [5.41, 5.74) is 4.42. The van der Waals surface area contributed by atoms with Crippen molar-refractivity contribution < 1.29 is 23.7 Å². The number of aromatic nitrogens is 1. The van der Waals surface area contributed by atoms with Crippen molar-refractivity contribution in [1.82, 2.24) is 4.57 Å². The number of fused-ring (bicyclic) bond motifs is 2. The van der Waals surface area contributed by atoms with Gasteiger partial charge in [0, 0.05) is 17.0 Å². The molecule has 3 aromatic carbocycles. The zero-order valence-electron chi connectivity index (χ0n) is 18.8. The van der Waals surface area contributed by atoms with Crippen LogP contribution in [0.3, 0.4) is 0 Å². The summed E-state index contributed by atoms with van der Waals surface area (Å²) in [5, 5.41) is 4.96. The lowest BCUT2D eigenvalue weighted by atomic mass is 10.1. The number of carbonyl (C=O) groups excluding carboxylic acids is 1. The van der Waals surface area contributed by atoms with Crippen molar-refractivity contribution in [2.24, 2.45) is 4.99 Å². The van der Waals surface area contributed by atoms with Crippen molar-refractivity contribution in [2.45, 2.75) is 6.54 Å². The summed E-state index contributed by atoms with van der Waals surface area (Å²) in [7, 11) is 1.64. The van der Waals surface area contributed by atoms with Gasteiger partial charge in [0.05, 0.1) is 30.7 Å². The Bertz CT molecular complexity index is 1510. The summed E-state index contributed by atoms with van der Waals surface area (Å²) in [4.78, 5) is 17.6. The molecule has 176 valence electrons. The summed E-state index contributed by atoms with van der Waals surface area (Å²) in [6, 6.07) is 19.4. The number of benzene rings is 3. The van der Waals surface area contributed by atoms with Gasteiger partial charge in [0.15, 0.2) is 22.9 Å². The average molecular weight is 488 g/mol. The van der Waals surface area contributed by atoms with E-state index in [0.29, 0.717) is 18.0 Å². The molecular weight excluding hydrogens is 466 g/mol. The lowest BCUT2D eigenvalue weighted by Crippen LogP contribution is -2.25. The predicted octanol–water partition coefficient (Wildman–Crippen LogP) is 4.57. The van der Waals surface area contributed by atoms with Crippen molar-refractivity contribution >= 4 is 28.6 Å². The van der Waals surface area contributed by atoms with Gasteiger partial charge >= 0.3 is 0 Å². The second kappa shape index (κ2) is 8.84. The van der Waals surface area contributed by atoms with Crippen LogP contribution in [0.15, 0.2) is 71.0 Å². The Balaban J connectivity index is 1.46. The second-order valence-corrected chi connectivity index (χ2v) is 8.87. The zero-order chi connectivity index (χ0) is 23.8. The monoisotopic (exact) mass is 487 g/mol. The maximum Gasteiger partial charge on any atom is 0.262 e. The molecule has 6 rings (SSSR count). The number of amides is 1. The van der Waals surface area contributed by atoms with E-state index in [9.17, 15) is 4.79 Å². The van der Waals surface area contributed by atoms with E-state index in [2.05, 4.69) is 15.3 Å². The SMILES string of the molecule is COc1cccc(N=c2scc(-c3ccc4c(c3)NC(=O)CO4)n2Cc2ccc3c(c2)OCO3)c1. The molecular formula is C26H21N3O5S. The summed E-state index contributed by atoms with van der Waals surface area (Å²) < 4.78 is 24.1. The summed E-state index contributed by atoms with van der Waals surface area (Å²) in [5.74, 6) is 2.72. The first kappa shape index (κ1) is 21.3. The van der Waals surface area contributed by atoms with E-state index in [1.165, 1.54) is 0 Å². The first-order chi connectivity index (χ1) is 17.2. The Morgan fingerprint density at radius 1 is 1.03 bits per heavy atom. The van der Waals surface area contributed by atoms with Crippen molar-refractivity contribution in [3.05, 3.63) is 76.4 Å². The van der Waals surface area contributed by atoms with Crippen LogP contribution in [0, 0.1) is 0 Å². The van der Waals surface area contributed by atoms with Crippen LogP contribution in [0.1, 0.15) is 5.56 Å². The minimum atomic E-state index is -0.165. The van der Waals surface area contributed by atoms with E-state index in [0.717, 1.165) is 44.6 Å². The highest BCUT2D eigenvalue weighted by atomic mass is 32.1. The van der Waals surface area contributed by atoms with Crippen molar-refractivity contribution in [2.75, 3.05) is 25.8 Å². The number of thiazole rings is 1. The minimum Gasteiger partial charge on any atom is -0.497 e. The number of nitrogens with one attached hydrogen (secondary N) is 1. The molecule has 0 spiro atoms. The Hall–Kier alpha value is -4.24. The lowest BCUT2D eigenvalue weighted by Gasteiger charge is -2.19. The molecule has 2 aliphatic rings. The Labute approximate surface area is 205 Å². The minimum absolute atomic E-state index is 0.0263. The van der Waals surface area contributed by atoms with E-state index < -0.39 is 0 Å². The number of anilines is 1. The number of hydrogen-bond acceptors (Lipinski definition) is 7. The standard InChI is InChI=1S/C26H21N3O5S/c1-31-19-4-2-3-18(11-19)27-26-29(12-16-5-7-23-24(9-16)34-15-33-23)21(14-35-26)17-6-8-22-20(10-17)28-25(30)13-32-22/h2-11,14H,12-13,15H2,1H3,(H,28,30). The molecule has 1 aromatic heterocycles. The fourth-order valence-electron chi connectivity index (χ4n) is 4.06. The molecule has 1 N–H and O–H groups in total. The van der Waals surface area contributed by atoms with Crippen LogP contribution in [0.5, 0.6) is 23.0 Å². The number of ether oxygens (including phenoxy) is 4.